The van der Waals surface area contributed by atoms with Crippen molar-refractivity contribution >= 4 is 27.5 Å². The Hall–Kier alpha value is -1.89. The molecule has 0 spiro atoms. The molecule has 1 amide bonds. The van der Waals surface area contributed by atoms with E-state index in [0.29, 0.717) is 11.6 Å². The molecule has 0 unspecified atom stereocenters. The number of amides is 1. The molecule has 3 rings (SSSR count). The van der Waals surface area contributed by atoms with E-state index in [4.69, 9.17) is 11.6 Å². The zero-order valence-corrected chi connectivity index (χ0v) is 15.9. The number of carbonyl (C=O) groups is 1. The number of benzene rings is 2. The number of hydrogen-bond donors (Lipinski definition) is 2. The Morgan fingerprint density at radius 2 is 1.69 bits per heavy atom. The van der Waals surface area contributed by atoms with Crippen LogP contribution >= 0.6 is 11.6 Å². The smallest absolute Gasteiger partial charge is 0.241 e. The number of rotatable bonds is 6. The fourth-order valence-electron chi connectivity index (χ4n) is 2.99. The van der Waals surface area contributed by atoms with Crippen LogP contribution in [0.1, 0.15) is 29.5 Å². The average Bonchev–Trinajstić information content (AvgIpc) is 2.65. The van der Waals surface area contributed by atoms with E-state index >= 15 is 0 Å². The molecule has 0 saturated carbocycles. The Bertz CT molecular complexity index is 896. The van der Waals surface area contributed by atoms with Crippen LogP contribution in [0.5, 0.6) is 0 Å². The van der Waals surface area contributed by atoms with Crippen LogP contribution in [0.15, 0.2) is 47.4 Å². The molecule has 0 fully saturated rings. The van der Waals surface area contributed by atoms with Crippen molar-refractivity contribution in [3.05, 3.63) is 64.2 Å². The Kier molecular flexibility index (Phi) is 5.96. The van der Waals surface area contributed by atoms with Crippen LogP contribution in [0.3, 0.4) is 0 Å². The van der Waals surface area contributed by atoms with E-state index in [9.17, 15) is 13.2 Å². The summed E-state index contributed by atoms with van der Waals surface area (Å²) in [4.78, 5) is 12.1. The average molecular weight is 393 g/mol. The van der Waals surface area contributed by atoms with Crippen molar-refractivity contribution < 1.29 is 13.2 Å². The summed E-state index contributed by atoms with van der Waals surface area (Å²) in [6.45, 7) is 0.0174. The number of nitrogens with one attached hydrogen (secondary N) is 2. The molecule has 138 valence electrons. The van der Waals surface area contributed by atoms with Crippen LogP contribution in [-0.2, 0) is 34.2 Å². The second-order valence-corrected chi connectivity index (χ2v) is 8.57. The van der Waals surface area contributed by atoms with Gasteiger partial charge in [-0.2, -0.15) is 0 Å². The predicted molar refractivity (Wildman–Crippen MR) is 102 cm³/mol. The second-order valence-electron chi connectivity index (χ2n) is 6.37. The number of aryl methyl sites for hydroxylation is 2. The van der Waals surface area contributed by atoms with Crippen LogP contribution < -0.4 is 10.0 Å². The minimum atomic E-state index is -3.71. The maximum atomic E-state index is 12.4. The monoisotopic (exact) mass is 392 g/mol. The summed E-state index contributed by atoms with van der Waals surface area (Å²) in [6, 6.07) is 12.3. The molecule has 5 nitrogen and oxygen atoms in total. The molecule has 1 aliphatic rings. The Morgan fingerprint density at radius 1 is 1.00 bits per heavy atom. The van der Waals surface area contributed by atoms with Gasteiger partial charge in [-0.3, -0.25) is 4.79 Å². The van der Waals surface area contributed by atoms with Crippen molar-refractivity contribution in [2.45, 2.75) is 37.1 Å². The van der Waals surface area contributed by atoms with Crippen LogP contribution in [0.25, 0.3) is 0 Å². The molecule has 0 saturated heterocycles. The van der Waals surface area contributed by atoms with Crippen molar-refractivity contribution in [1.29, 1.82) is 0 Å². The lowest BCUT2D eigenvalue weighted by Gasteiger charge is -2.16. The molecule has 0 aliphatic heterocycles. The highest BCUT2D eigenvalue weighted by molar-refractivity contribution is 7.89. The number of fused-ring (bicyclic) bond motifs is 1. The fourth-order valence-corrected chi connectivity index (χ4v) is 4.14. The summed E-state index contributed by atoms with van der Waals surface area (Å²) < 4.78 is 27.2. The molecular weight excluding hydrogens is 372 g/mol. The summed E-state index contributed by atoms with van der Waals surface area (Å²) in [5, 5.41) is 3.31. The highest BCUT2D eigenvalue weighted by Crippen LogP contribution is 2.23. The second kappa shape index (κ2) is 8.20. The van der Waals surface area contributed by atoms with Gasteiger partial charge in [0, 0.05) is 11.6 Å². The van der Waals surface area contributed by atoms with E-state index in [1.165, 1.54) is 5.56 Å². The van der Waals surface area contributed by atoms with E-state index in [2.05, 4.69) is 10.0 Å². The molecular formula is C19H21ClN2O3S. The van der Waals surface area contributed by atoms with Gasteiger partial charge < -0.3 is 5.32 Å². The van der Waals surface area contributed by atoms with Crippen LogP contribution in [0.2, 0.25) is 5.02 Å². The largest absolute Gasteiger partial charge is 0.351 e. The van der Waals surface area contributed by atoms with E-state index in [-0.39, 0.29) is 17.3 Å². The normalized spacial score (nSPS) is 13.9. The topological polar surface area (TPSA) is 75.3 Å². The van der Waals surface area contributed by atoms with Crippen LogP contribution in [-0.4, -0.2) is 20.9 Å². The summed E-state index contributed by atoms with van der Waals surface area (Å²) in [5.74, 6) is -0.388. The zero-order chi connectivity index (χ0) is 18.6. The van der Waals surface area contributed by atoms with Gasteiger partial charge in [-0.05, 0) is 66.6 Å². The predicted octanol–water partition coefficient (Wildman–Crippen LogP) is 2.81. The summed E-state index contributed by atoms with van der Waals surface area (Å²) >= 11 is 5.81. The lowest BCUT2D eigenvalue weighted by atomic mass is 9.92. The van der Waals surface area contributed by atoms with Gasteiger partial charge in [0.1, 0.15) is 0 Å². The lowest BCUT2D eigenvalue weighted by Crippen LogP contribution is -2.36. The van der Waals surface area contributed by atoms with Crippen molar-refractivity contribution in [2.75, 3.05) is 6.54 Å². The SMILES string of the molecule is O=C(CNS(=O)(=O)c1ccc2c(c1)CCCC2)NCc1ccc(Cl)cc1. The van der Waals surface area contributed by atoms with Crippen molar-refractivity contribution in [2.24, 2.45) is 0 Å². The Morgan fingerprint density at radius 3 is 2.42 bits per heavy atom. The van der Waals surface area contributed by atoms with Crippen LogP contribution in [0.4, 0.5) is 0 Å². The van der Waals surface area contributed by atoms with Gasteiger partial charge in [-0.1, -0.05) is 29.8 Å². The first-order valence-corrected chi connectivity index (χ1v) is 10.4. The van der Waals surface area contributed by atoms with Gasteiger partial charge in [0.05, 0.1) is 11.4 Å². The Labute approximate surface area is 158 Å². The molecule has 1 aliphatic carbocycles. The molecule has 2 N–H and O–H groups in total. The molecule has 0 radical (unpaired) electrons. The summed E-state index contributed by atoms with van der Waals surface area (Å²) in [6.07, 6.45) is 4.12. The first-order chi connectivity index (χ1) is 12.4. The number of halogens is 1. The fraction of sp³-hybridized carbons (Fsp3) is 0.316. The highest BCUT2D eigenvalue weighted by atomic mass is 35.5. The van der Waals surface area contributed by atoms with Crippen molar-refractivity contribution in [1.82, 2.24) is 10.0 Å². The summed E-state index contributed by atoms with van der Waals surface area (Å²) in [5.41, 5.74) is 3.20. The minimum Gasteiger partial charge on any atom is -0.351 e. The number of hydrogen-bond acceptors (Lipinski definition) is 3. The van der Waals surface area contributed by atoms with E-state index in [1.807, 2.05) is 6.07 Å². The molecule has 7 heteroatoms. The maximum Gasteiger partial charge on any atom is 0.241 e. The lowest BCUT2D eigenvalue weighted by molar-refractivity contribution is -0.120. The zero-order valence-electron chi connectivity index (χ0n) is 14.3. The third-order valence-electron chi connectivity index (χ3n) is 4.46. The van der Waals surface area contributed by atoms with Gasteiger partial charge >= 0.3 is 0 Å². The van der Waals surface area contributed by atoms with Gasteiger partial charge in [0.25, 0.3) is 0 Å². The van der Waals surface area contributed by atoms with Gasteiger partial charge in [0.2, 0.25) is 15.9 Å². The number of carbonyl (C=O) groups excluding carboxylic acids is 1. The molecule has 0 aromatic heterocycles. The molecule has 2 aromatic rings. The third kappa shape index (κ3) is 4.84. The quantitative estimate of drug-likeness (QED) is 0.793. The van der Waals surface area contributed by atoms with Crippen molar-refractivity contribution in [3.8, 4) is 0 Å². The van der Waals surface area contributed by atoms with Gasteiger partial charge in [-0.15, -0.1) is 0 Å². The summed E-state index contributed by atoms with van der Waals surface area (Å²) in [7, 11) is -3.71. The van der Waals surface area contributed by atoms with E-state index < -0.39 is 10.0 Å². The van der Waals surface area contributed by atoms with Gasteiger partial charge in [-0.25, -0.2) is 13.1 Å². The third-order valence-corrected chi connectivity index (χ3v) is 6.11. The maximum absolute atomic E-state index is 12.4. The Balaban J connectivity index is 1.56. The standard InChI is InChI=1S/C19H21ClN2O3S/c20-17-8-5-14(6-9-17)12-21-19(23)13-22-26(24,25)18-10-7-15-3-1-2-4-16(15)11-18/h5-11,22H,1-4,12-13H2,(H,21,23). The van der Waals surface area contributed by atoms with E-state index in [0.717, 1.165) is 36.8 Å². The molecule has 0 atom stereocenters. The molecule has 26 heavy (non-hydrogen) atoms. The highest BCUT2D eigenvalue weighted by Gasteiger charge is 2.18. The molecule has 2 aromatic carbocycles. The van der Waals surface area contributed by atoms with Crippen molar-refractivity contribution in [3.63, 3.8) is 0 Å². The molecule has 0 heterocycles. The first kappa shape index (κ1) is 18.9. The van der Waals surface area contributed by atoms with E-state index in [1.54, 1.807) is 36.4 Å². The minimum absolute atomic E-state index is 0.212. The van der Waals surface area contributed by atoms with Crippen LogP contribution in [0, 0.1) is 0 Å². The van der Waals surface area contributed by atoms with Gasteiger partial charge in [0.15, 0.2) is 0 Å². The number of sulfonamides is 1. The molecule has 0 bridgehead atoms. The first-order valence-electron chi connectivity index (χ1n) is 8.57.